The Morgan fingerprint density at radius 3 is 1.67 bits per heavy atom. The number of alkyl carbamates (subject to hydrolysis) is 2. The minimum absolute atomic E-state index is 0.109. The van der Waals surface area contributed by atoms with Gasteiger partial charge >= 0.3 is 12.2 Å². The summed E-state index contributed by atoms with van der Waals surface area (Å²) in [6.45, 7) is 4.94. The molecule has 4 atom stereocenters. The third-order valence-electron chi connectivity index (χ3n) is 11.1. The Morgan fingerprint density at radius 1 is 0.724 bits per heavy atom. The Hall–Kier alpha value is -6.45. The molecule has 16 nitrogen and oxygen atoms in total. The van der Waals surface area contributed by atoms with Crippen molar-refractivity contribution in [2.45, 2.75) is 70.1 Å². The number of rotatable bonds is 12. The van der Waals surface area contributed by atoms with Gasteiger partial charge < -0.3 is 44.4 Å². The number of ether oxygens (including phenoxy) is 2. The smallest absolute Gasteiger partial charge is 0.407 e. The highest BCUT2D eigenvalue weighted by Crippen LogP contribution is 2.35. The Labute approximate surface area is 336 Å². The number of hydrogen-bond acceptors (Lipinski definition) is 9. The molecular weight excluding hydrogens is 741 g/mol. The third-order valence-corrected chi connectivity index (χ3v) is 11.1. The van der Waals surface area contributed by atoms with E-state index in [0.29, 0.717) is 18.9 Å². The van der Waals surface area contributed by atoms with Gasteiger partial charge in [0.15, 0.2) is 0 Å². The van der Waals surface area contributed by atoms with Crippen molar-refractivity contribution in [3.8, 4) is 33.6 Å². The van der Waals surface area contributed by atoms with E-state index < -0.39 is 24.3 Å². The molecule has 0 spiro atoms. The second-order valence-electron chi connectivity index (χ2n) is 15.1. The predicted octanol–water partition coefficient (Wildman–Crippen LogP) is 5.54. The number of carbonyl (C=O) groups excluding carboxylic acids is 4. The van der Waals surface area contributed by atoms with Crippen LogP contribution in [0, 0.1) is 5.92 Å². The number of H-pyrrole nitrogens is 2. The molecule has 2 aliphatic rings. The summed E-state index contributed by atoms with van der Waals surface area (Å²) >= 11 is 0. The molecule has 4 N–H and O–H groups in total. The number of imidazole rings is 3. The number of hydrogen-bond donors (Lipinski definition) is 4. The first-order chi connectivity index (χ1) is 28.0. The monoisotopic (exact) mass is 790 g/mol. The van der Waals surface area contributed by atoms with Gasteiger partial charge in [-0.15, -0.1) is 0 Å². The van der Waals surface area contributed by atoms with Crippen LogP contribution >= 0.6 is 0 Å². The van der Waals surface area contributed by atoms with Crippen LogP contribution in [0.25, 0.3) is 33.6 Å². The molecule has 0 saturated carbocycles. The van der Waals surface area contributed by atoms with Crippen molar-refractivity contribution >= 4 is 24.0 Å². The minimum atomic E-state index is -0.821. The van der Waals surface area contributed by atoms with Gasteiger partial charge in [-0.2, -0.15) is 0 Å². The maximum Gasteiger partial charge on any atom is 0.407 e. The van der Waals surface area contributed by atoms with Crippen molar-refractivity contribution in [2.24, 2.45) is 13.0 Å². The molecule has 5 aromatic rings. The lowest BCUT2D eigenvalue weighted by Gasteiger charge is -2.30. The number of aromatic nitrogens is 6. The Bertz CT molecular complexity index is 2230. The van der Waals surface area contributed by atoms with Gasteiger partial charge in [-0.3, -0.25) is 9.59 Å². The number of benzene rings is 2. The molecule has 4 amide bonds. The van der Waals surface area contributed by atoms with Gasteiger partial charge in [-0.1, -0.05) is 62.4 Å². The maximum absolute atomic E-state index is 13.9. The molecule has 5 heterocycles. The number of methoxy groups -OCH3 is 2. The summed E-state index contributed by atoms with van der Waals surface area (Å²) in [6, 6.07) is 14.5. The highest BCUT2D eigenvalue weighted by atomic mass is 16.5. The molecule has 2 saturated heterocycles. The number of aryl methyl sites for hydroxylation is 1. The molecule has 3 aromatic heterocycles. The van der Waals surface area contributed by atoms with E-state index in [9.17, 15) is 19.2 Å². The summed E-state index contributed by atoms with van der Waals surface area (Å²) in [5, 5.41) is 5.41. The molecule has 304 valence electrons. The largest absolute Gasteiger partial charge is 0.453 e. The van der Waals surface area contributed by atoms with E-state index in [0.717, 1.165) is 70.8 Å². The highest BCUT2D eigenvalue weighted by molar-refractivity contribution is 5.87. The van der Waals surface area contributed by atoms with E-state index in [1.165, 1.54) is 14.2 Å². The number of aromatic amines is 2. The van der Waals surface area contributed by atoms with Crippen molar-refractivity contribution in [1.29, 1.82) is 0 Å². The molecule has 2 aromatic carbocycles. The van der Waals surface area contributed by atoms with E-state index in [4.69, 9.17) is 14.5 Å². The highest BCUT2D eigenvalue weighted by Gasteiger charge is 2.38. The lowest BCUT2D eigenvalue weighted by atomic mass is 10.0. The zero-order valence-electron chi connectivity index (χ0n) is 33.4. The SMILES string of the molecule is COC(=O)N[C@@H](Cc1cncn1C)C(=O)N1CCC[C@H]1c1ncc(-c2ccc(-c3ccc(-c4cnc([C@@H]5CCCN5C(=O)[C@@H](NC(=O)OC)C(C)C)[nH]4)cc3)cc2)[nH]1. The van der Waals surface area contributed by atoms with Crippen molar-refractivity contribution in [3.63, 3.8) is 0 Å². The number of carbonyl (C=O) groups is 4. The van der Waals surface area contributed by atoms with Crippen LogP contribution in [0.2, 0.25) is 0 Å². The van der Waals surface area contributed by atoms with Gasteiger partial charge in [-0.05, 0) is 53.9 Å². The van der Waals surface area contributed by atoms with Crippen LogP contribution in [0.5, 0.6) is 0 Å². The zero-order valence-corrected chi connectivity index (χ0v) is 33.4. The van der Waals surface area contributed by atoms with Crippen molar-refractivity contribution in [3.05, 3.63) is 90.8 Å². The number of amides is 4. The van der Waals surface area contributed by atoms with Crippen LogP contribution in [0.4, 0.5) is 9.59 Å². The van der Waals surface area contributed by atoms with Crippen molar-refractivity contribution < 1.29 is 28.7 Å². The standard InChI is InChI=1S/C42H50N10O6/c1-25(2)36(49-42(56)58-5)40(54)52-19-7-9-35(52)38-45-23-33(47-38)29-16-12-27(13-17-29)26-10-14-28(15-11-26)32-22-44-37(46-32)34-8-6-18-51(34)39(53)31(48-41(55)57-4)20-30-21-43-24-50(30)3/h10-17,21-25,31,34-36H,6-9,18-20H2,1-5H3,(H,44,46)(H,45,47)(H,48,55)(H,49,56)/t31-,34-,35-,36-/m0/s1. The van der Waals surface area contributed by atoms with E-state index >= 15 is 0 Å². The zero-order chi connectivity index (χ0) is 40.9. The summed E-state index contributed by atoms with van der Waals surface area (Å²) < 4.78 is 11.4. The summed E-state index contributed by atoms with van der Waals surface area (Å²) in [4.78, 5) is 75.6. The number of likely N-dealkylation sites (tertiary alicyclic amines) is 2. The Kier molecular flexibility index (Phi) is 11.9. The quantitative estimate of drug-likeness (QED) is 0.126. The molecule has 2 fully saturated rings. The summed E-state index contributed by atoms with van der Waals surface area (Å²) in [7, 11) is 4.41. The van der Waals surface area contributed by atoms with Gasteiger partial charge in [0.05, 0.1) is 56.4 Å². The first kappa shape index (κ1) is 39.8. The van der Waals surface area contributed by atoms with Gasteiger partial charge in [0.2, 0.25) is 11.8 Å². The van der Waals surface area contributed by atoms with Gasteiger partial charge in [0, 0.05) is 38.4 Å². The predicted molar refractivity (Wildman–Crippen MR) is 215 cm³/mol. The average molecular weight is 791 g/mol. The second kappa shape index (κ2) is 17.4. The first-order valence-electron chi connectivity index (χ1n) is 19.6. The molecule has 16 heteroatoms. The molecule has 0 radical (unpaired) electrons. The van der Waals surface area contributed by atoms with E-state index in [1.54, 1.807) is 34.7 Å². The van der Waals surface area contributed by atoms with E-state index in [1.807, 2.05) is 49.7 Å². The van der Waals surface area contributed by atoms with Gasteiger partial charge in [0.1, 0.15) is 23.7 Å². The van der Waals surface area contributed by atoms with Crippen LogP contribution in [0.3, 0.4) is 0 Å². The molecular formula is C42H50N10O6. The average Bonchev–Trinajstić information content (AvgIpc) is 4.10. The van der Waals surface area contributed by atoms with Crippen molar-refractivity contribution in [2.75, 3.05) is 27.3 Å². The fourth-order valence-corrected chi connectivity index (χ4v) is 7.89. The van der Waals surface area contributed by atoms with E-state index in [-0.39, 0.29) is 36.2 Å². The molecule has 7 rings (SSSR count). The fourth-order valence-electron chi connectivity index (χ4n) is 7.89. The summed E-state index contributed by atoms with van der Waals surface area (Å²) in [5.74, 6) is 0.962. The minimum Gasteiger partial charge on any atom is -0.453 e. The third kappa shape index (κ3) is 8.45. The number of nitrogens with one attached hydrogen (secondary N) is 4. The normalized spacial score (nSPS) is 17.6. The second-order valence-corrected chi connectivity index (χ2v) is 15.1. The topological polar surface area (TPSA) is 192 Å². The summed E-state index contributed by atoms with van der Waals surface area (Å²) in [5.41, 5.74) is 6.53. The Balaban J connectivity index is 1.00. The van der Waals surface area contributed by atoms with Crippen LogP contribution in [-0.4, -0.2) is 103 Å². The Morgan fingerprint density at radius 2 is 1.21 bits per heavy atom. The van der Waals surface area contributed by atoms with Gasteiger partial charge in [0.25, 0.3) is 0 Å². The van der Waals surface area contributed by atoms with Crippen LogP contribution in [0.1, 0.15) is 69.0 Å². The van der Waals surface area contributed by atoms with Crippen LogP contribution < -0.4 is 10.6 Å². The molecule has 58 heavy (non-hydrogen) atoms. The van der Waals surface area contributed by atoms with Crippen LogP contribution in [0.15, 0.2) is 73.4 Å². The lowest BCUT2D eigenvalue weighted by Crippen LogP contribution is -2.51. The van der Waals surface area contributed by atoms with Crippen LogP contribution in [-0.2, 0) is 32.5 Å². The number of nitrogens with zero attached hydrogens (tertiary/aromatic N) is 6. The molecule has 2 aliphatic heterocycles. The fraction of sp³-hybridized carbons (Fsp3) is 0.405. The molecule has 0 aliphatic carbocycles. The first-order valence-corrected chi connectivity index (χ1v) is 19.6. The van der Waals surface area contributed by atoms with E-state index in [2.05, 4.69) is 54.8 Å². The maximum atomic E-state index is 13.9. The molecule has 0 unspecified atom stereocenters. The summed E-state index contributed by atoms with van der Waals surface area (Å²) in [6.07, 6.45) is 9.10. The molecule has 0 bridgehead atoms. The van der Waals surface area contributed by atoms with Crippen molar-refractivity contribution in [1.82, 2.24) is 49.9 Å². The lowest BCUT2D eigenvalue weighted by molar-refractivity contribution is -0.135. The van der Waals surface area contributed by atoms with Gasteiger partial charge in [-0.25, -0.2) is 24.5 Å².